The van der Waals surface area contributed by atoms with E-state index in [0.29, 0.717) is 17.9 Å². The maximum atomic E-state index is 13.0. The van der Waals surface area contributed by atoms with Crippen molar-refractivity contribution in [2.75, 3.05) is 34.3 Å². The van der Waals surface area contributed by atoms with Crippen molar-refractivity contribution in [2.45, 2.75) is 6.04 Å². The number of carbonyl (C=O) groups is 2. The van der Waals surface area contributed by atoms with Crippen LogP contribution in [0.1, 0.15) is 17.2 Å². The zero-order valence-electron chi connectivity index (χ0n) is 17.4. The first-order valence-electron chi connectivity index (χ1n) is 9.57. The lowest BCUT2D eigenvalue weighted by Gasteiger charge is -2.26. The van der Waals surface area contributed by atoms with Crippen LogP contribution in [0.3, 0.4) is 0 Å². The molecule has 31 heavy (non-hydrogen) atoms. The number of amides is 1. The molecule has 1 aliphatic heterocycles. The smallest absolute Gasteiger partial charge is 0.295 e. The molecule has 3 rings (SSSR count). The molecule has 1 unspecified atom stereocenters. The van der Waals surface area contributed by atoms with Crippen molar-refractivity contribution in [2.24, 2.45) is 0 Å². The molecule has 1 aliphatic rings. The number of aliphatic hydroxyl groups is 1. The number of hydrogen-bond donors (Lipinski definition) is 1. The summed E-state index contributed by atoms with van der Waals surface area (Å²) in [5.41, 5.74) is 0.316. The van der Waals surface area contributed by atoms with Crippen molar-refractivity contribution in [3.8, 4) is 5.75 Å². The minimum atomic E-state index is -0.968. The van der Waals surface area contributed by atoms with Crippen LogP contribution < -0.4 is 4.74 Å². The molecule has 1 N–H and O–H groups in total. The number of ketones is 1. The first-order valence-corrected chi connectivity index (χ1v) is 9.57. The van der Waals surface area contributed by atoms with Crippen molar-refractivity contribution >= 4 is 23.1 Å². The Morgan fingerprint density at radius 1 is 1.19 bits per heavy atom. The fourth-order valence-electron chi connectivity index (χ4n) is 3.56. The topological polar surface area (TPSA) is 113 Å². The van der Waals surface area contributed by atoms with Gasteiger partial charge >= 0.3 is 0 Å². The number of nitrogens with zero attached hydrogens (tertiary/aromatic N) is 3. The van der Waals surface area contributed by atoms with Crippen LogP contribution in [0.25, 0.3) is 5.76 Å². The molecule has 9 heteroatoms. The summed E-state index contributed by atoms with van der Waals surface area (Å²) in [7, 11) is 5.08. The zero-order valence-corrected chi connectivity index (χ0v) is 17.4. The third-order valence-corrected chi connectivity index (χ3v) is 5.09. The first-order chi connectivity index (χ1) is 14.8. The molecule has 0 bridgehead atoms. The van der Waals surface area contributed by atoms with Gasteiger partial charge in [-0.2, -0.15) is 0 Å². The van der Waals surface area contributed by atoms with Gasteiger partial charge in [-0.1, -0.05) is 24.3 Å². The lowest BCUT2D eigenvalue weighted by Crippen LogP contribution is -2.35. The van der Waals surface area contributed by atoms with Crippen molar-refractivity contribution < 1.29 is 24.4 Å². The highest BCUT2D eigenvalue weighted by molar-refractivity contribution is 6.46. The molecular weight excluding hydrogens is 402 g/mol. The van der Waals surface area contributed by atoms with E-state index in [1.165, 1.54) is 30.2 Å². The molecule has 1 atom stereocenters. The van der Waals surface area contributed by atoms with Gasteiger partial charge in [-0.3, -0.25) is 19.7 Å². The number of aliphatic hydroxyl groups excluding tert-OH is 1. The van der Waals surface area contributed by atoms with Crippen LogP contribution in [0.5, 0.6) is 5.75 Å². The quantitative estimate of drug-likeness (QED) is 0.238. The van der Waals surface area contributed by atoms with E-state index in [1.54, 1.807) is 30.3 Å². The Balaban J connectivity index is 2.22. The largest absolute Gasteiger partial charge is 0.507 e. The van der Waals surface area contributed by atoms with Crippen LogP contribution in [0.4, 0.5) is 5.69 Å². The Kier molecular flexibility index (Phi) is 6.36. The average molecular weight is 425 g/mol. The van der Waals surface area contributed by atoms with E-state index in [-0.39, 0.29) is 29.1 Å². The second-order valence-electron chi connectivity index (χ2n) is 7.35. The Morgan fingerprint density at radius 2 is 1.90 bits per heavy atom. The van der Waals surface area contributed by atoms with Gasteiger partial charge in [-0.05, 0) is 31.8 Å². The van der Waals surface area contributed by atoms with Gasteiger partial charge in [0, 0.05) is 25.2 Å². The van der Waals surface area contributed by atoms with E-state index in [2.05, 4.69) is 0 Å². The number of ether oxygens (including phenoxy) is 1. The van der Waals surface area contributed by atoms with Crippen molar-refractivity contribution in [1.82, 2.24) is 9.80 Å². The van der Waals surface area contributed by atoms with E-state index in [1.807, 2.05) is 19.0 Å². The number of nitro groups is 1. The number of likely N-dealkylation sites (N-methyl/N-ethyl adjacent to an activating group) is 1. The lowest BCUT2D eigenvalue weighted by atomic mass is 9.94. The highest BCUT2D eigenvalue weighted by atomic mass is 16.6. The summed E-state index contributed by atoms with van der Waals surface area (Å²) in [5, 5.41) is 22.4. The van der Waals surface area contributed by atoms with Gasteiger partial charge in [0.2, 0.25) is 0 Å². The second kappa shape index (κ2) is 8.97. The molecule has 1 saturated heterocycles. The third kappa shape index (κ3) is 4.26. The Labute approximate surface area is 179 Å². The van der Waals surface area contributed by atoms with E-state index in [4.69, 9.17) is 4.74 Å². The van der Waals surface area contributed by atoms with Crippen LogP contribution in [0, 0.1) is 10.1 Å². The fourth-order valence-corrected chi connectivity index (χ4v) is 3.56. The van der Waals surface area contributed by atoms with Gasteiger partial charge in [0.1, 0.15) is 11.5 Å². The van der Waals surface area contributed by atoms with Gasteiger partial charge in [0.05, 0.1) is 29.2 Å². The molecule has 1 amide bonds. The van der Waals surface area contributed by atoms with Gasteiger partial charge < -0.3 is 19.6 Å². The summed E-state index contributed by atoms with van der Waals surface area (Å²) in [5.74, 6) is -1.68. The number of carbonyl (C=O) groups excluding carboxylic acids is 2. The van der Waals surface area contributed by atoms with E-state index < -0.39 is 22.7 Å². The Bertz CT molecular complexity index is 1060. The monoisotopic (exact) mass is 425 g/mol. The van der Waals surface area contributed by atoms with Gasteiger partial charge in [-0.15, -0.1) is 0 Å². The molecule has 2 aromatic rings. The molecule has 0 saturated carbocycles. The van der Waals surface area contributed by atoms with Crippen LogP contribution in [0.15, 0.2) is 54.1 Å². The number of para-hydroxylation sites is 1. The summed E-state index contributed by atoms with van der Waals surface area (Å²) in [6, 6.07) is 11.3. The van der Waals surface area contributed by atoms with Crippen LogP contribution in [-0.2, 0) is 9.59 Å². The molecular formula is C22H23N3O6. The average Bonchev–Trinajstić information content (AvgIpc) is 3.01. The first kappa shape index (κ1) is 22.0. The number of benzene rings is 2. The van der Waals surface area contributed by atoms with Crippen LogP contribution in [0.2, 0.25) is 0 Å². The Morgan fingerprint density at radius 3 is 2.55 bits per heavy atom. The fraction of sp³-hybridized carbons (Fsp3) is 0.273. The van der Waals surface area contributed by atoms with Crippen molar-refractivity contribution in [1.29, 1.82) is 0 Å². The normalized spacial score (nSPS) is 17.9. The summed E-state index contributed by atoms with van der Waals surface area (Å²) >= 11 is 0. The maximum Gasteiger partial charge on any atom is 0.295 e. The minimum absolute atomic E-state index is 0.131. The molecule has 0 aromatic heterocycles. The number of Topliss-reactive ketones (excluding diaryl/α,β-unsaturated/α-hetero) is 1. The van der Waals surface area contributed by atoms with Crippen molar-refractivity contribution in [3.63, 3.8) is 0 Å². The molecule has 9 nitrogen and oxygen atoms in total. The highest BCUT2D eigenvalue weighted by Gasteiger charge is 2.46. The molecule has 0 spiro atoms. The van der Waals surface area contributed by atoms with E-state index in [9.17, 15) is 24.8 Å². The van der Waals surface area contributed by atoms with Crippen molar-refractivity contribution in [3.05, 3.63) is 75.3 Å². The Hall–Kier alpha value is -3.72. The lowest BCUT2D eigenvalue weighted by molar-refractivity contribution is -0.384. The van der Waals surface area contributed by atoms with Gasteiger partial charge in [-0.25, -0.2) is 0 Å². The molecule has 0 radical (unpaired) electrons. The van der Waals surface area contributed by atoms with Crippen LogP contribution >= 0.6 is 0 Å². The van der Waals surface area contributed by atoms with Gasteiger partial charge in [0.15, 0.2) is 0 Å². The third-order valence-electron chi connectivity index (χ3n) is 5.09. The SMILES string of the molecule is COc1ccccc1/C(O)=C1\C(=O)C(=O)N(CCN(C)C)C1c1cccc([N+](=O)[O-])c1. The number of non-ortho nitro benzene ring substituents is 1. The molecule has 1 heterocycles. The summed E-state index contributed by atoms with van der Waals surface area (Å²) < 4.78 is 5.29. The van der Waals surface area contributed by atoms with E-state index in [0.717, 1.165) is 0 Å². The second-order valence-corrected chi connectivity index (χ2v) is 7.35. The predicted octanol–water partition coefficient (Wildman–Crippen LogP) is 2.59. The van der Waals surface area contributed by atoms with E-state index >= 15 is 0 Å². The predicted molar refractivity (Wildman–Crippen MR) is 114 cm³/mol. The number of methoxy groups -OCH3 is 1. The molecule has 0 aliphatic carbocycles. The molecule has 2 aromatic carbocycles. The minimum Gasteiger partial charge on any atom is -0.507 e. The number of likely N-dealkylation sites (tertiary alicyclic amines) is 1. The van der Waals surface area contributed by atoms with Crippen LogP contribution in [-0.4, -0.2) is 65.8 Å². The number of rotatable bonds is 7. The number of hydrogen-bond acceptors (Lipinski definition) is 7. The van der Waals surface area contributed by atoms with Gasteiger partial charge in [0.25, 0.3) is 17.4 Å². The molecule has 162 valence electrons. The number of nitro benzene ring substituents is 1. The summed E-state index contributed by atoms with van der Waals surface area (Å²) in [6.07, 6.45) is 0. The molecule has 1 fully saturated rings. The highest BCUT2D eigenvalue weighted by Crippen LogP contribution is 2.41. The summed E-state index contributed by atoms with van der Waals surface area (Å²) in [6.45, 7) is 0.667. The zero-order chi connectivity index (χ0) is 22.7. The maximum absolute atomic E-state index is 13.0. The standard InChI is InChI=1S/C22H23N3O6/c1-23(2)11-12-24-19(14-7-6-8-15(13-14)25(29)30)18(21(27)22(24)28)20(26)16-9-4-5-10-17(16)31-3/h4-10,13,19,26H,11-12H2,1-3H3/b20-18+. The summed E-state index contributed by atoms with van der Waals surface area (Å²) in [4.78, 5) is 39.8.